The fourth-order valence-corrected chi connectivity index (χ4v) is 3.05. The Bertz CT molecular complexity index is 783. The van der Waals surface area contributed by atoms with E-state index in [4.69, 9.17) is 9.92 Å². The fraction of sp³-hybridized carbons (Fsp3) is 0.235. The third-order valence-electron chi connectivity index (χ3n) is 3.40. The van der Waals surface area contributed by atoms with Crippen molar-refractivity contribution in [1.82, 2.24) is 0 Å². The summed E-state index contributed by atoms with van der Waals surface area (Å²) in [5.41, 5.74) is 6.70. The summed E-state index contributed by atoms with van der Waals surface area (Å²) >= 11 is 0. The van der Waals surface area contributed by atoms with Crippen molar-refractivity contribution in [1.29, 1.82) is 0 Å². The van der Waals surface area contributed by atoms with Gasteiger partial charge in [-0.05, 0) is 48.2 Å². The molecule has 0 saturated heterocycles. The van der Waals surface area contributed by atoms with Gasteiger partial charge in [0.25, 0.3) is 10.1 Å². The van der Waals surface area contributed by atoms with Gasteiger partial charge in [-0.1, -0.05) is 24.3 Å². The Morgan fingerprint density at radius 3 is 2.04 bits per heavy atom. The normalized spacial score (nSPS) is 11.3. The lowest BCUT2D eigenvalue weighted by Gasteiger charge is -2.07. The summed E-state index contributed by atoms with van der Waals surface area (Å²) in [6.45, 7) is 0.00925. The van der Waals surface area contributed by atoms with Crippen LogP contribution in [0.3, 0.4) is 0 Å². The lowest BCUT2D eigenvalue weighted by molar-refractivity contribution is -0.118. The van der Waals surface area contributed by atoms with Crippen molar-refractivity contribution in [2.24, 2.45) is 5.73 Å². The molecule has 3 N–H and O–H groups in total. The van der Waals surface area contributed by atoms with Gasteiger partial charge in [0.05, 0.1) is 11.5 Å². The van der Waals surface area contributed by atoms with Crippen LogP contribution in [0.2, 0.25) is 0 Å². The third kappa shape index (κ3) is 5.07. The molecule has 0 spiro atoms. The van der Waals surface area contributed by atoms with Crippen LogP contribution in [0.15, 0.2) is 53.4 Å². The Morgan fingerprint density at radius 2 is 1.50 bits per heavy atom. The van der Waals surface area contributed by atoms with E-state index in [9.17, 15) is 18.3 Å². The maximum Gasteiger partial charge on any atom is 0.296 e. The second kappa shape index (κ2) is 7.94. The molecule has 0 fully saturated rings. The number of primary amides is 1. The second-order valence-electron chi connectivity index (χ2n) is 5.27. The number of carbonyl (C=O) groups excluding carboxylic acids is 1. The molecule has 128 valence electrons. The van der Waals surface area contributed by atoms with Gasteiger partial charge < -0.3 is 10.8 Å². The van der Waals surface area contributed by atoms with Crippen molar-refractivity contribution < 1.29 is 22.5 Å². The minimum Gasteiger partial charge on any atom is -0.508 e. The monoisotopic (exact) mass is 349 g/mol. The number of nitrogens with two attached hydrogens (primary N) is 1. The Hall–Kier alpha value is -2.38. The van der Waals surface area contributed by atoms with Gasteiger partial charge in [0.1, 0.15) is 5.75 Å². The zero-order chi connectivity index (χ0) is 17.6. The van der Waals surface area contributed by atoms with E-state index in [1.165, 1.54) is 12.1 Å². The maximum atomic E-state index is 12.1. The Balaban J connectivity index is 1.98. The van der Waals surface area contributed by atoms with Gasteiger partial charge in [-0.3, -0.25) is 8.98 Å². The second-order valence-corrected chi connectivity index (χ2v) is 6.89. The number of rotatable bonds is 8. The van der Waals surface area contributed by atoms with Crippen LogP contribution in [0.25, 0.3) is 11.1 Å². The summed E-state index contributed by atoms with van der Waals surface area (Å²) in [5, 5.41) is 9.28. The van der Waals surface area contributed by atoms with E-state index in [-0.39, 0.29) is 23.7 Å². The van der Waals surface area contributed by atoms with Crippen molar-refractivity contribution in [2.45, 2.75) is 24.2 Å². The average Bonchev–Trinajstić information content (AvgIpc) is 2.55. The number of amides is 1. The van der Waals surface area contributed by atoms with Gasteiger partial charge in [0.2, 0.25) is 5.91 Å². The first-order chi connectivity index (χ1) is 11.4. The predicted octanol–water partition coefficient (Wildman–Crippen LogP) is 2.42. The van der Waals surface area contributed by atoms with Gasteiger partial charge >= 0.3 is 0 Å². The van der Waals surface area contributed by atoms with Crippen molar-refractivity contribution in [3.05, 3.63) is 48.5 Å². The van der Waals surface area contributed by atoms with E-state index < -0.39 is 16.0 Å². The molecular formula is C17H19NO5S. The van der Waals surface area contributed by atoms with Gasteiger partial charge in [-0.2, -0.15) is 8.42 Å². The molecule has 0 bridgehead atoms. The first-order valence-corrected chi connectivity index (χ1v) is 8.86. The summed E-state index contributed by atoms with van der Waals surface area (Å²) in [4.78, 5) is 10.7. The predicted molar refractivity (Wildman–Crippen MR) is 89.7 cm³/mol. The van der Waals surface area contributed by atoms with Crippen molar-refractivity contribution in [2.75, 3.05) is 6.61 Å². The molecule has 0 atom stereocenters. The van der Waals surface area contributed by atoms with Gasteiger partial charge in [-0.15, -0.1) is 0 Å². The van der Waals surface area contributed by atoms with E-state index in [0.717, 1.165) is 11.1 Å². The first kappa shape index (κ1) is 18.0. The van der Waals surface area contributed by atoms with E-state index in [2.05, 4.69) is 0 Å². The minimum atomic E-state index is -3.82. The Kier molecular flexibility index (Phi) is 5.94. The van der Waals surface area contributed by atoms with E-state index in [1.807, 2.05) is 0 Å². The molecule has 2 aromatic rings. The zero-order valence-corrected chi connectivity index (χ0v) is 13.8. The summed E-state index contributed by atoms with van der Waals surface area (Å²) < 4.78 is 29.1. The van der Waals surface area contributed by atoms with E-state index >= 15 is 0 Å². The summed E-state index contributed by atoms with van der Waals surface area (Å²) in [6.07, 6.45) is 1.14. The van der Waals surface area contributed by atoms with Crippen LogP contribution < -0.4 is 5.73 Å². The largest absolute Gasteiger partial charge is 0.508 e. The summed E-state index contributed by atoms with van der Waals surface area (Å²) in [5.74, 6) is -0.245. The number of hydrogen-bond donors (Lipinski definition) is 2. The summed E-state index contributed by atoms with van der Waals surface area (Å²) in [6, 6.07) is 12.9. The zero-order valence-electron chi connectivity index (χ0n) is 13.0. The molecule has 0 aliphatic carbocycles. The minimum absolute atomic E-state index is 0.00925. The summed E-state index contributed by atoms with van der Waals surface area (Å²) in [7, 11) is -3.82. The molecular weight excluding hydrogens is 330 g/mol. The first-order valence-electron chi connectivity index (χ1n) is 7.46. The molecule has 0 aliphatic heterocycles. The third-order valence-corrected chi connectivity index (χ3v) is 4.73. The average molecular weight is 349 g/mol. The van der Waals surface area contributed by atoms with Crippen LogP contribution in [0.5, 0.6) is 5.75 Å². The Morgan fingerprint density at radius 1 is 0.958 bits per heavy atom. The highest BCUT2D eigenvalue weighted by atomic mass is 32.2. The maximum absolute atomic E-state index is 12.1. The van der Waals surface area contributed by atoms with Gasteiger partial charge in [0, 0.05) is 6.42 Å². The molecule has 0 aromatic heterocycles. The number of phenols is 1. The van der Waals surface area contributed by atoms with E-state index in [1.54, 1.807) is 36.4 Å². The smallest absolute Gasteiger partial charge is 0.296 e. The van der Waals surface area contributed by atoms with Gasteiger partial charge in [-0.25, -0.2) is 0 Å². The van der Waals surface area contributed by atoms with E-state index in [0.29, 0.717) is 12.8 Å². The number of benzene rings is 2. The van der Waals surface area contributed by atoms with Crippen LogP contribution in [0, 0.1) is 0 Å². The standard InChI is InChI=1S/C17H19NO5S/c18-17(20)3-1-2-12-23-24(21,22)16-10-6-14(7-11-16)13-4-8-15(19)9-5-13/h4-11,19H,1-3,12H2,(H2,18,20). The molecule has 24 heavy (non-hydrogen) atoms. The SMILES string of the molecule is NC(=O)CCCCOS(=O)(=O)c1ccc(-c2ccc(O)cc2)cc1. The molecule has 0 unspecified atom stereocenters. The lowest BCUT2D eigenvalue weighted by atomic mass is 10.1. The molecule has 1 amide bonds. The van der Waals surface area contributed by atoms with Crippen LogP contribution in [-0.2, 0) is 19.1 Å². The fourth-order valence-electron chi connectivity index (χ4n) is 2.11. The number of aromatic hydroxyl groups is 1. The van der Waals surface area contributed by atoms with Crippen LogP contribution in [0.1, 0.15) is 19.3 Å². The number of hydrogen-bond acceptors (Lipinski definition) is 5. The van der Waals surface area contributed by atoms with Gasteiger partial charge in [0.15, 0.2) is 0 Å². The topological polar surface area (TPSA) is 107 Å². The van der Waals surface area contributed by atoms with Crippen molar-refractivity contribution in [3.8, 4) is 16.9 Å². The van der Waals surface area contributed by atoms with Crippen LogP contribution >= 0.6 is 0 Å². The molecule has 0 aliphatic rings. The highest BCUT2D eigenvalue weighted by Crippen LogP contribution is 2.24. The van der Waals surface area contributed by atoms with Crippen molar-refractivity contribution >= 4 is 16.0 Å². The van der Waals surface area contributed by atoms with Crippen LogP contribution in [0.4, 0.5) is 0 Å². The molecule has 0 heterocycles. The van der Waals surface area contributed by atoms with Crippen LogP contribution in [-0.4, -0.2) is 26.0 Å². The molecule has 2 aromatic carbocycles. The molecule has 7 heteroatoms. The molecule has 6 nitrogen and oxygen atoms in total. The number of carbonyl (C=O) groups is 1. The molecule has 0 radical (unpaired) electrons. The Labute approximate surface area is 141 Å². The highest BCUT2D eigenvalue weighted by molar-refractivity contribution is 7.86. The number of unbranched alkanes of at least 4 members (excludes halogenated alkanes) is 1. The highest BCUT2D eigenvalue weighted by Gasteiger charge is 2.15. The quantitative estimate of drug-likeness (QED) is 0.562. The van der Waals surface area contributed by atoms with Crippen molar-refractivity contribution in [3.63, 3.8) is 0 Å². The number of phenolic OH excluding ortho intramolecular Hbond substituents is 1. The molecule has 0 saturated carbocycles. The lowest BCUT2D eigenvalue weighted by Crippen LogP contribution is -2.11. The molecule has 2 rings (SSSR count).